The van der Waals surface area contributed by atoms with E-state index < -0.39 is 32.5 Å². The number of allylic oxidation sites excluding steroid dienone is 8. The number of hydrogen-bond donors (Lipinski definition) is 3. The Balaban J connectivity index is 4.11. The first kappa shape index (κ1) is 43.0. The summed E-state index contributed by atoms with van der Waals surface area (Å²) in [6.07, 6.45) is 30.1. The molecule has 3 N–H and O–H groups in total. The molecule has 0 aromatic heterocycles. The number of ether oxygens (including phenoxy) is 2. The van der Waals surface area contributed by atoms with Gasteiger partial charge in [-0.2, -0.15) is 0 Å². The maximum absolute atomic E-state index is 12.3. The topological polar surface area (TPSA) is 140 Å². The third-order valence-electron chi connectivity index (χ3n) is 6.80. The Labute approximate surface area is 272 Å². The van der Waals surface area contributed by atoms with Crippen LogP contribution in [0, 0.1) is 5.92 Å². The van der Waals surface area contributed by atoms with Crippen LogP contribution in [0.3, 0.4) is 0 Å². The van der Waals surface area contributed by atoms with Crippen LogP contribution >= 0.6 is 7.82 Å². The molecule has 0 aromatic carbocycles. The largest absolute Gasteiger partial charge is 0.469 e. The first-order valence-electron chi connectivity index (χ1n) is 16.8. The van der Waals surface area contributed by atoms with Gasteiger partial charge in [-0.3, -0.25) is 14.1 Å². The molecule has 0 rings (SSSR count). The van der Waals surface area contributed by atoms with Gasteiger partial charge < -0.3 is 24.4 Å². The van der Waals surface area contributed by atoms with Gasteiger partial charge in [0.15, 0.2) is 6.10 Å². The van der Waals surface area contributed by atoms with Crippen molar-refractivity contribution in [3.05, 3.63) is 48.6 Å². The van der Waals surface area contributed by atoms with Gasteiger partial charge in [-0.1, -0.05) is 101 Å². The van der Waals surface area contributed by atoms with Crippen molar-refractivity contribution in [1.82, 2.24) is 0 Å². The Kier molecular flexibility index (Phi) is 28.1. The molecular formula is C35H61O9P. The number of phosphoric ester groups is 1. The highest BCUT2D eigenvalue weighted by Gasteiger charge is 2.22. The van der Waals surface area contributed by atoms with Gasteiger partial charge in [-0.25, -0.2) is 4.57 Å². The van der Waals surface area contributed by atoms with E-state index in [1.165, 1.54) is 19.3 Å². The number of phosphoric acid groups is 1. The molecule has 45 heavy (non-hydrogen) atoms. The van der Waals surface area contributed by atoms with Gasteiger partial charge in [0.05, 0.1) is 12.7 Å². The van der Waals surface area contributed by atoms with Crippen molar-refractivity contribution in [3.8, 4) is 0 Å². The SMILES string of the molecule is CC(C)CCCCCCCCC(=O)O[C@H](COC(=O)CCC/C=C\C/C=C\C/C=C\C/C=C\CCC[C@@H](C)O)COP(=O)(O)O. The maximum Gasteiger partial charge on any atom is 0.469 e. The van der Waals surface area contributed by atoms with Crippen LogP contribution in [0.25, 0.3) is 0 Å². The van der Waals surface area contributed by atoms with E-state index in [0.29, 0.717) is 19.3 Å². The van der Waals surface area contributed by atoms with Crippen LogP contribution in [0.2, 0.25) is 0 Å². The van der Waals surface area contributed by atoms with Crippen molar-refractivity contribution in [1.29, 1.82) is 0 Å². The van der Waals surface area contributed by atoms with Gasteiger partial charge in [0.2, 0.25) is 0 Å². The van der Waals surface area contributed by atoms with Gasteiger partial charge in [0, 0.05) is 12.8 Å². The summed E-state index contributed by atoms with van der Waals surface area (Å²) in [5, 5.41) is 9.22. The summed E-state index contributed by atoms with van der Waals surface area (Å²) in [6.45, 7) is 5.37. The number of aliphatic hydroxyl groups is 1. The number of rotatable bonds is 29. The number of esters is 2. The molecule has 0 bridgehead atoms. The van der Waals surface area contributed by atoms with Crippen molar-refractivity contribution in [3.63, 3.8) is 0 Å². The molecule has 0 unspecified atom stereocenters. The third-order valence-corrected chi connectivity index (χ3v) is 7.28. The molecule has 0 saturated heterocycles. The minimum atomic E-state index is -4.76. The summed E-state index contributed by atoms with van der Waals surface area (Å²) in [7, 11) is -4.76. The van der Waals surface area contributed by atoms with Gasteiger partial charge in [0.25, 0.3) is 0 Å². The summed E-state index contributed by atoms with van der Waals surface area (Å²) in [5.41, 5.74) is 0. The minimum Gasteiger partial charge on any atom is -0.462 e. The molecule has 0 aromatic rings. The molecule has 0 amide bonds. The van der Waals surface area contributed by atoms with Crippen LogP contribution < -0.4 is 0 Å². The number of carbonyl (C=O) groups is 2. The summed E-state index contributed by atoms with van der Waals surface area (Å²) in [6, 6.07) is 0. The van der Waals surface area contributed by atoms with Crippen molar-refractivity contribution < 1.29 is 43.0 Å². The van der Waals surface area contributed by atoms with Crippen molar-refractivity contribution >= 4 is 19.8 Å². The zero-order chi connectivity index (χ0) is 33.6. The molecule has 2 atom stereocenters. The average Bonchev–Trinajstić information content (AvgIpc) is 2.96. The van der Waals surface area contributed by atoms with E-state index in [-0.39, 0.29) is 25.6 Å². The molecule has 0 aliphatic heterocycles. The molecule has 260 valence electrons. The molecule has 9 nitrogen and oxygen atoms in total. The van der Waals surface area contributed by atoms with Gasteiger partial charge in [-0.15, -0.1) is 0 Å². The van der Waals surface area contributed by atoms with E-state index in [4.69, 9.17) is 19.3 Å². The highest BCUT2D eigenvalue weighted by atomic mass is 31.2. The standard InChI is InChI=1S/C35H61O9P/c1-31(2)25-21-17-15-16-20-24-28-35(38)44-33(30-43-45(39,40)41)29-42-34(37)27-23-19-14-12-10-8-6-4-5-7-9-11-13-18-22-26-32(3)36/h5-8,11-14,31-33,36H,4,9-10,15-30H2,1-3H3,(H2,39,40,41)/b7-5-,8-6-,13-11-,14-12-/t32-,33-/m1/s1. The fourth-order valence-electron chi connectivity index (χ4n) is 4.27. The summed E-state index contributed by atoms with van der Waals surface area (Å²) < 4.78 is 26.1. The number of carbonyl (C=O) groups excluding carboxylic acids is 2. The van der Waals surface area contributed by atoms with Crippen LogP contribution in [-0.2, 0) is 28.2 Å². The van der Waals surface area contributed by atoms with E-state index in [9.17, 15) is 19.3 Å². The minimum absolute atomic E-state index is 0.178. The molecule has 0 fully saturated rings. The molecule has 0 spiro atoms. The van der Waals surface area contributed by atoms with Crippen molar-refractivity contribution in [2.24, 2.45) is 5.92 Å². The monoisotopic (exact) mass is 656 g/mol. The number of aliphatic hydroxyl groups excluding tert-OH is 1. The number of unbranched alkanes of at least 4 members (excludes halogenated alkanes) is 7. The van der Waals surface area contributed by atoms with Gasteiger partial charge in [0.1, 0.15) is 6.61 Å². The predicted molar refractivity (Wildman–Crippen MR) is 180 cm³/mol. The molecule has 0 aliphatic rings. The Morgan fingerprint density at radius 2 is 1.16 bits per heavy atom. The van der Waals surface area contributed by atoms with E-state index in [1.807, 2.05) is 19.1 Å². The third kappa shape index (κ3) is 34.7. The van der Waals surface area contributed by atoms with Crippen LogP contribution in [0.15, 0.2) is 48.6 Å². The summed E-state index contributed by atoms with van der Waals surface area (Å²) in [5.74, 6) is -0.258. The Morgan fingerprint density at radius 1 is 0.644 bits per heavy atom. The van der Waals surface area contributed by atoms with Crippen molar-refractivity contribution in [2.75, 3.05) is 13.2 Å². The van der Waals surface area contributed by atoms with E-state index >= 15 is 0 Å². The van der Waals surface area contributed by atoms with E-state index in [0.717, 1.165) is 63.7 Å². The van der Waals surface area contributed by atoms with Crippen LogP contribution in [0.4, 0.5) is 0 Å². The molecular weight excluding hydrogens is 595 g/mol. The molecule has 10 heteroatoms. The first-order valence-corrected chi connectivity index (χ1v) is 18.4. The lowest BCUT2D eigenvalue weighted by Crippen LogP contribution is -2.29. The van der Waals surface area contributed by atoms with Crippen molar-refractivity contribution in [2.45, 2.75) is 142 Å². The summed E-state index contributed by atoms with van der Waals surface area (Å²) in [4.78, 5) is 42.4. The quantitative estimate of drug-likeness (QED) is 0.0313. The van der Waals surface area contributed by atoms with Gasteiger partial charge in [-0.05, 0) is 70.6 Å². The lowest BCUT2D eigenvalue weighted by molar-refractivity contribution is -0.161. The molecule has 0 heterocycles. The highest BCUT2D eigenvalue weighted by molar-refractivity contribution is 7.46. The lowest BCUT2D eigenvalue weighted by atomic mass is 10.0. The first-order chi connectivity index (χ1) is 21.5. The Morgan fingerprint density at radius 3 is 1.71 bits per heavy atom. The predicted octanol–water partition coefficient (Wildman–Crippen LogP) is 8.44. The average molecular weight is 657 g/mol. The number of hydrogen-bond acceptors (Lipinski definition) is 7. The fourth-order valence-corrected chi connectivity index (χ4v) is 4.63. The van der Waals surface area contributed by atoms with E-state index in [1.54, 1.807) is 0 Å². The normalized spacial score (nSPS) is 13.9. The second-order valence-corrected chi connectivity index (χ2v) is 13.1. The van der Waals surface area contributed by atoms with Crippen LogP contribution in [0.1, 0.15) is 130 Å². The van der Waals surface area contributed by atoms with Crippen LogP contribution in [-0.4, -0.2) is 52.3 Å². The summed E-state index contributed by atoms with van der Waals surface area (Å²) >= 11 is 0. The molecule has 0 radical (unpaired) electrons. The zero-order valence-corrected chi connectivity index (χ0v) is 28.9. The van der Waals surface area contributed by atoms with Gasteiger partial charge >= 0.3 is 19.8 Å². The molecule has 0 aliphatic carbocycles. The Bertz CT molecular complexity index is 903. The second kappa shape index (κ2) is 29.4. The zero-order valence-electron chi connectivity index (χ0n) is 28.0. The maximum atomic E-state index is 12.3. The van der Waals surface area contributed by atoms with Crippen LogP contribution in [0.5, 0.6) is 0 Å². The smallest absolute Gasteiger partial charge is 0.462 e. The highest BCUT2D eigenvalue weighted by Crippen LogP contribution is 2.35. The molecule has 0 saturated carbocycles. The Hall–Kier alpha value is -2.03. The van der Waals surface area contributed by atoms with E-state index in [2.05, 4.69) is 54.8 Å². The second-order valence-electron chi connectivity index (χ2n) is 11.9. The fraction of sp³-hybridized carbons (Fsp3) is 0.714. The lowest BCUT2D eigenvalue weighted by Gasteiger charge is -2.18.